The van der Waals surface area contributed by atoms with Gasteiger partial charge < -0.3 is 54.4 Å². The van der Waals surface area contributed by atoms with Crippen LogP contribution in [0.2, 0.25) is 0 Å². The molecular weight excluding hydrogens is 433 g/mol. The van der Waals surface area contributed by atoms with E-state index in [4.69, 9.17) is 24.5 Å². The van der Waals surface area contributed by atoms with E-state index in [1.165, 1.54) is 6.08 Å². The first-order chi connectivity index (χ1) is 14.2. The molecule has 15 heteroatoms. The average molecular weight is 457 g/mol. The van der Waals surface area contributed by atoms with Gasteiger partial charge in [0.2, 0.25) is 5.79 Å². The number of hydrogen-bond donors (Lipinski definition) is 5. The van der Waals surface area contributed by atoms with Gasteiger partial charge in [-0.2, -0.15) is 0 Å². The molecule has 9 atom stereocenters. The quantitative estimate of drug-likeness (QED) is 0.0718. The van der Waals surface area contributed by atoms with Crippen molar-refractivity contribution in [2.24, 2.45) is 5.11 Å². The van der Waals surface area contributed by atoms with Gasteiger partial charge in [0.15, 0.2) is 6.29 Å². The van der Waals surface area contributed by atoms with Gasteiger partial charge in [0, 0.05) is 11.3 Å². The fourth-order valence-electron chi connectivity index (χ4n) is 3.12. The molecule has 0 spiro atoms. The number of carbonyl (C=O) groups excluding carboxylic acids is 1. The van der Waals surface area contributed by atoms with Crippen molar-refractivity contribution in [3.8, 4) is 0 Å². The van der Waals surface area contributed by atoms with Crippen LogP contribution >= 0.6 is 0 Å². The number of carbonyl (C=O) groups is 1. The molecule has 170 valence electrons. The molecule has 0 aromatic carbocycles. The fraction of sp³-hybridized carbons (Fsp3) is 0.812. The van der Waals surface area contributed by atoms with Crippen LogP contribution in [0.5, 0.6) is 0 Å². The van der Waals surface area contributed by atoms with E-state index >= 15 is 0 Å². The standard InChI is InChI=1S/C16H25N3O11.Na/c1-2-3-29-16(15(25)26)4-8(20)11(23)13(30-16)9(21)6-28-14-12(24)10(22)7(5-27-14)18-19-17;/h2,7-14,20-24H,1,3-6H2,(H,25,26);/q;+1/p-1/t7-,8+,9+,10-,11+,12+,13+,14+,16+;/m0./s1. The van der Waals surface area contributed by atoms with E-state index in [9.17, 15) is 35.4 Å². The summed E-state index contributed by atoms with van der Waals surface area (Å²) in [6, 6.07) is -1.04. The van der Waals surface area contributed by atoms with E-state index in [1.807, 2.05) is 0 Å². The molecule has 2 rings (SSSR count). The maximum Gasteiger partial charge on any atom is 1.00 e. The van der Waals surface area contributed by atoms with Crippen molar-refractivity contribution < 1.29 is 83.9 Å². The van der Waals surface area contributed by atoms with Crippen molar-refractivity contribution in [1.29, 1.82) is 0 Å². The van der Waals surface area contributed by atoms with Crippen molar-refractivity contribution in [1.82, 2.24) is 0 Å². The van der Waals surface area contributed by atoms with Crippen LogP contribution in [0.25, 0.3) is 10.4 Å². The number of aliphatic carboxylic acids is 1. The summed E-state index contributed by atoms with van der Waals surface area (Å²) in [4.78, 5) is 14.1. The maximum atomic E-state index is 11.6. The number of hydrogen-bond acceptors (Lipinski definition) is 12. The number of rotatable bonds is 9. The van der Waals surface area contributed by atoms with Crippen molar-refractivity contribution in [2.45, 2.75) is 61.2 Å². The molecule has 0 amide bonds. The van der Waals surface area contributed by atoms with Gasteiger partial charge in [0.05, 0.1) is 38.1 Å². The number of aliphatic hydroxyl groups is 5. The van der Waals surface area contributed by atoms with Crippen molar-refractivity contribution in [2.75, 3.05) is 19.8 Å². The predicted molar refractivity (Wildman–Crippen MR) is 92.0 cm³/mol. The third kappa shape index (κ3) is 6.58. The van der Waals surface area contributed by atoms with Crippen LogP contribution in [0.1, 0.15) is 6.42 Å². The summed E-state index contributed by atoms with van der Waals surface area (Å²) in [5, 5.41) is 65.2. The van der Waals surface area contributed by atoms with Crippen LogP contribution < -0.4 is 34.7 Å². The summed E-state index contributed by atoms with van der Waals surface area (Å²) < 4.78 is 20.7. The van der Waals surface area contributed by atoms with Gasteiger partial charge in [-0.15, -0.1) is 6.58 Å². The zero-order valence-corrected chi connectivity index (χ0v) is 18.8. The molecule has 2 saturated heterocycles. The minimum atomic E-state index is -2.45. The van der Waals surface area contributed by atoms with Gasteiger partial charge in [-0.3, -0.25) is 0 Å². The molecule has 0 saturated carbocycles. The van der Waals surface area contributed by atoms with E-state index in [0.29, 0.717) is 0 Å². The Balaban J connectivity index is 0.00000480. The predicted octanol–water partition coefficient (Wildman–Crippen LogP) is -6.72. The second-order valence-corrected chi connectivity index (χ2v) is 6.84. The molecule has 31 heavy (non-hydrogen) atoms. The van der Waals surface area contributed by atoms with Crippen LogP contribution in [0.4, 0.5) is 0 Å². The van der Waals surface area contributed by atoms with E-state index in [-0.39, 0.29) is 42.8 Å². The monoisotopic (exact) mass is 457 g/mol. The fourth-order valence-corrected chi connectivity index (χ4v) is 3.12. The molecule has 0 aromatic heterocycles. The molecule has 2 aliphatic rings. The molecule has 14 nitrogen and oxygen atoms in total. The topological polar surface area (TPSA) is 227 Å². The zero-order chi connectivity index (χ0) is 22.5. The smallest absolute Gasteiger partial charge is 0.544 e. The number of carboxylic acids is 1. The van der Waals surface area contributed by atoms with Crippen LogP contribution in [0, 0.1) is 0 Å². The molecule has 2 aliphatic heterocycles. The van der Waals surface area contributed by atoms with E-state index in [1.54, 1.807) is 0 Å². The minimum Gasteiger partial charge on any atom is -0.544 e. The van der Waals surface area contributed by atoms with Gasteiger partial charge >= 0.3 is 29.6 Å². The number of carboxylic acid groups (broad SMARTS) is 1. The van der Waals surface area contributed by atoms with Gasteiger partial charge in [-0.1, -0.05) is 11.2 Å². The maximum absolute atomic E-state index is 11.6. The molecule has 0 bridgehead atoms. The molecule has 0 unspecified atom stereocenters. The van der Waals surface area contributed by atoms with Crippen LogP contribution in [0.3, 0.4) is 0 Å². The Morgan fingerprint density at radius 3 is 2.61 bits per heavy atom. The Labute approximate surface area is 198 Å². The van der Waals surface area contributed by atoms with Crippen LogP contribution in [-0.2, 0) is 23.7 Å². The summed E-state index contributed by atoms with van der Waals surface area (Å²) in [6.45, 7) is 2.18. The first-order valence-electron chi connectivity index (χ1n) is 8.98. The van der Waals surface area contributed by atoms with Crippen LogP contribution in [0.15, 0.2) is 17.8 Å². The Morgan fingerprint density at radius 2 is 2.03 bits per heavy atom. The summed E-state index contributed by atoms with van der Waals surface area (Å²) >= 11 is 0. The van der Waals surface area contributed by atoms with Gasteiger partial charge in [0.1, 0.15) is 30.4 Å². The zero-order valence-electron chi connectivity index (χ0n) is 16.8. The van der Waals surface area contributed by atoms with Gasteiger partial charge in [0.25, 0.3) is 0 Å². The second kappa shape index (κ2) is 12.4. The van der Waals surface area contributed by atoms with Crippen molar-refractivity contribution in [3.05, 3.63) is 23.1 Å². The largest absolute Gasteiger partial charge is 1.00 e. The van der Waals surface area contributed by atoms with Gasteiger partial charge in [-0.25, -0.2) is 0 Å². The second-order valence-electron chi connectivity index (χ2n) is 6.84. The van der Waals surface area contributed by atoms with E-state index < -0.39 is 73.7 Å². The molecule has 2 heterocycles. The van der Waals surface area contributed by atoms with Crippen molar-refractivity contribution >= 4 is 5.97 Å². The molecule has 0 aromatic rings. The molecule has 0 radical (unpaired) electrons. The number of azide groups is 1. The normalized spacial score (nSPS) is 38.9. The molecular formula is C16H24N3NaO11. The average Bonchev–Trinajstić information content (AvgIpc) is 2.71. The summed E-state index contributed by atoms with van der Waals surface area (Å²) in [7, 11) is 0. The Hall–Kier alpha value is -0.840. The summed E-state index contributed by atoms with van der Waals surface area (Å²) in [5.74, 6) is -4.27. The SMILES string of the molecule is C=CCO[C@]1(C(=O)[O-])C[C@@H](O)[C@@H](O)[C@@H]([C@H](O)CO[C@H]2OC[C@H](N=[N+]=[N-])[C@H](O)[C@H]2O)O1.[Na+]. The van der Waals surface area contributed by atoms with Crippen LogP contribution in [-0.4, -0.2) is 106 Å². The first kappa shape index (κ1) is 28.2. The third-order valence-corrected chi connectivity index (χ3v) is 4.75. The number of ether oxygens (including phenoxy) is 4. The van der Waals surface area contributed by atoms with Crippen molar-refractivity contribution in [3.63, 3.8) is 0 Å². The van der Waals surface area contributed by atoms with E-state index in [0.717, 1.165) is 0 Å². The van der Waals surface area contributed by atoms with Gasteiger partial charge in [-0.05, 0) is 5.53 Å². The molecule has 2 fully saturated rings. The first-order valence-corrected chi connectivity index (χ1v) is 8.98. The van der Waals surface area contributed by atoms with E-state index in [2.05, 4.69) is 16.6 Å². The summed E-state index contributed by atoms with van der Waals surface area (Å²) in [6.07, 6.45) is -10.7. The third-order valence-electron chi connectivity index (χ3n) is 4.75. The Kier molecular flexibility index (Phi) is 11.3. The molecule has 0 aliphatic carbocycles. The number of aliphatic hydroxyl groups excluding tert-OH is 5. The Bertz CT molecular complexity index is 667. The summed E-state index contributed by atoms with van der Waals surface area (Å²) in [5.41, 5.74) is 8.42. The molecule has 5 N–H and O–H groups in total. The number of nitrogens with zero attached hydrogens (tertiary/aromatic N) is 3. The Morgan fingerprint density at radius 1 is 1.35 bits per heavy atom. The minimum absolute atomic E-state index is 0.